The van der Waals surface area contributed by atoms with Gasteiger partial charge in [0.1, 0.15) is 17.9 Å². The van der Waals surface area contributed by atoms with Crippen molar-refractivity contribution in [3.63, 3.8) is 0 Å². The largest absolute Gasteiger partial charge is 0.489 e. The van der Waals surface area contributed by atoms with Crippen LogP contribution in [0, 0.1) is 5.92 Å². The molecule has 8 nitrogen and oxygen atoms in total. The molecule has 0 aliphatic carbocycles. The summed E-state index contributed by atoms with van der Waals surface area (Å²) in [6, 6.07) is 4.64. The molecule has 1 aliphatic heterocycles. The molecule has 1 heterocycles. The molecule has 8 heteroatoms. The Bertz CT molecular complexity index is 583. The first kappa shape index (κ1) is 15.8. The lowest BCUT2D eigenvalue weighted by atomic mass is 9.94. The van der Waals surface area contributed by atoms with E-state index in [2.05, 4.69) is 5.32 Å². The second-order valence-corrected chi connectivity index (χ2v) is 4.97. The van der Waals surface area contributed by atoms with Crippen LogP contribution in [0.2, 0.25) is 0 Å². The molecular formula is C14H15NO7. The van der Waals surface area contributed by atoms with Gasteiger partial charge in [-0.3, -0.25) is 9.59 Å². The number of carboxylic acid groups (broad SMARTS) is 3. The van der Waals surface area contributed by atoms with Gasteiger partial charge in [0.05, 0.1) is 12.0 Å². The number of hydrogen-bond acceptors (Lipinski definition) is 5. The minimum Gasteiger partial charge on any atom is -0.489 e. The lowest BCUT2D eigenvalue weighted by Gasteiger charge is -2.21. The summed E-state index contributed by atoms with van der Waals surface area (Å²) in [6.07, 6.45) is -0.949. The Morgan fingerprint density at radius 1 is 1.14 bits per heavy atom. The third-order valence-electron chi connectivity index (χ3n) is 3.51. The number of ether oxygens (including phenoxy) is 1. The predicted molar refractivity (Wildman–Crippen MR) is 73.0 cm³/mol. The summed E-state index contributed by atoms with van der Waals surface area (Å²) in [4.78, 5) is 32.8. The SMILES string of the molecule is O=C(O)CC1C(C(=O)O)NC[C@@H]1Oc1ccc(C(=O)O)cc1. The van der Waals surface area contributed by atoms with Gasteiger partial charge in [-0.15, -0.1) is 0 Å². The van der Waals surface area contributed by atoms with Gasteiger partial charge in [0, 0.05) is 12.5 Å². The monoisotopic (exact) mass is 309 g/mol. The molecule has 1 aromatic carbocycles. The number of aliphatic carboxylic acids is 2. The van der Waals surface area contributed by atoms with E-state index in [1.165, 1.54) is 24.3 Å². The molecule has 0 amide bonds. The smallest absolute Gasteiger partial charge is 0.335 e. The molecule has 0 aromatic heterocycles. The molecular weight excluding hydrogens is 294 g/mol. The number of carbonyl (C=O) groups is 3. The molecule has 1 saturated heterocycles. The molecule has 2 unspecified atom stereocenters. The van der Waals surface area contributed by atoms with Crippen LogP contribution in [-0.4, -0.2) is 51.9 Å². The molecule has 1 fully saturated rings. The Balaban J connectivity index is 2.11. The molecule has 0 saturated carbocycles. The average molecular weight is 309 g/mol. The van der Waals surface area contributed by atoms with Gasteiger partial charge >= 0.3 is 17.9 Å². The topological polar surface area (TPSA) is 133 Å². The Kier molecular flexibility index (Phi) is 4.62. The summed E-state index contributed by atoms with van der Waals surface area (Å²) < 4.78 is 5.62. The van der Waals surface area contributed by atoms with E-state index in [1.807, 2.05) is 0 Å². The molecule has 0 bridgehead atoms. The van der Waals surface area contributed by atoms with Crippen LogP contribution in [0.4, 0.5) is 0 Å². The fraction of sp³-hybridized carbons (Fsp3) is 0.357. The van der Waals surface area contributed by atoms with Crippen molar-refractivity contribution in [2.45, 2.75) is 18.6 Å². The second kappa shape index (κ2) is 6.44. The third-order valence-corrected chi connectivity index (χ3v) is 3.51. The van der Waals surface area contributed by atoms with E-state index < -0.39 is 36.0 Å². The number of carboxylic acids is 3. The van der Waals surface area contributed by atoms with Crippen LogP contribution in [0.3, 0.4) is 0 Å². The van der Waals surface area contributed by atoms with Gasteiger partial charge in [-0.1, -0.05) is 0 Å². The Labute approximate surface area is 125 Å². The van der Waals surface area contributed by atoms with Crippen LogP contribution >= 0.6 is 0 Å². The van der Waals surface area contributed by atoms with Crippen LogP contribution in [0.15, 0.2) is 24.3 Å². The summed E-state index contributed by atoms with van der Waals surface area (Å²) in [5.74, 6) is -3.65. The third kappa shape index (κ3) is 3.53. The standard InChI is InChI=1S/C14H15NO7/c16-11(17)5-9-10(6-15-12(9)14(20)21)22-8-3-1-7(2-4-8)13(18)19/h1-4,9-10,12,15H,5-6H2,(H,16,17)(H,18,19)(H,20,21)/t9?,10-,12?/m0/s1. The summed E-state index contributed by atoms with van der Waals surface area (Å²) >= 11 is 0. The molecule has 22 heavy (non-hydrogen) atoms. The average Bonchev–Trinajstić information content (AvgIpc) is 2.82. The van der Waals surface area contributed by atoms with Crippen LogP contribution in [-0.2, 0) is 9.59 Å². The fourth-order valence-corrected chi connectivity index (χ4v) is 2.46. The van der Waals surface area contributed by atoms with Gasteiger partial charge in [0.2, 0.25) is 0 Å². The molecule has 0 spiro atoms. The van der Waals surface area contributed by atoms with Crippen LogP contribution in [0.5, 0.6) is 5.75 Å². The van der Waals surface area contributed by atoms with E-state index >= 15 is 0 Å². The van der Waals surface area contributed by atoms with Crippen LogP contribution in [0.25, 0.3) is 0 Å². The highest BCUT2D eigenvalue weighted by Crippen LogP contribution is 2.25. The van der Waals surface area contributed by atoms with Crippen molar-refractivity contribution >= 4 is 17.9 Å². The molecule has 2 rings (SSSR count). The van der Waals surface area contributed by atoms with Crippen molar-refractivity contribution in [2.75, 3.05) is 6.54 Å². The molecule has 4 N–H and O–H groups in total. The molecule has 118 valence electrons. The van der Waals surface area contributed by atoms with Gasteiger partial charge < -0.3 is 25.4 Å². The minimum atomic E-state index is -1.13. The van der Waals surface area contributed by atoms with Crippen molar-refractivity contribution in [1.29, 1.82) is 0 Å². The van der Waals surface area contributed by atoms with E-state index in [0.717, 1.165) is 0 Å². The number of rotatable bonds is 6. The Morgan fingerprint density at radius 3 is 2.27 bits per heavy atom. The quantitative estimate of drug-likeness (QED) is 0.589. The van der Waals surface area contributed by atoms with Crippen molar-refractivity contribution < 1.29 is 34.4 Å². The maximum Gasteiger partial charge on any atom is 0.335 e. The lowest BCUT2D eigenvalue weighted by molar-refractivity contribution is -0.142. The number of hydrogen-bond donors (Lipinski definition) is 4. The van der Waals surface area contributed by atoms with Gasteiger partial charge in [-0.2, -0.15) is 0 Å². The molecule has 3 atom stereocenters. The normalized spacial score (nSPS) is 23.9. The van der Waals surface area contributed by atoms with Crippen molar-refractivity contribution in [3.8, 4) is 5.75 Å². The lowest BCUT2D eigenvalue weighted by Crippen LogP contribution is -2.38. The van der Waals surface area contributed by atoms with Gasteiger partial charge in [-0.05, 0) is 24.3 Å². The highest BCUT2D eigenvalue weighted by Gasteiger charge is 2.42. The first-order valence-corrected chi connectivity index (χ1v) is 6.56. The van der Waals surface area contributed by atoms with E-state index in [0.29, 0.717) is 5.75 Å². The van der Waals surface area contributed by atoms with Gasteiger partial charge in [0.25, 0.3) is 0 Å². The highest BCUT2D eigenvalue weighted by atomic mass is 16.5. The summed E-state index contributed by atoms with van der Waals surface area (Å²) in [7, 11) is 0. The molecule has 1 aliphatic rings. The highest BCUT2D eigenvalue weighted by molar-refractivity contribution is 5.87. The second-order valence-electron chi connectivity index (χ2n) is 4.97. The van der Waals surface area contributed by atoms with Gasteiger partial charge in [-0.25, -0.2) is 4.79 Å². The summed E-state index contributed by atoms with van der Waals surface area (Å²) in [5.41, 5.74) is 0.0994. The zero-order valence-electron chi connectivity index (χ0n) is 11.4. The fourth-order valence-electron chi connectivity index (χ4n) is 2.46. The van der Waals surface area contributed by atoms with Crippen LogP contribution in [0.1, 0.15) is 16.8 Å². The number of benzene rings is 1. The van der Waals surface area contributed by atoms with E-state index in [9.17, 15) is 14.4 Å². The summed E-state index contributed by atoms with van der Waals surface area (Å²) in [6.45, 7) is 0.204. The first-order chi connectivity index (χ1) is 10.4. The first-order valence-electron chi connectivity index (χ1n) is 6.56. The summed E-state index contributed by atoms with van der Waals surface area (Å²) in [5, 5.41) is 29.6. The Hall–Kier alpha value is -2.61. The Morgan fingerprint density at radius 2 is 1.77 bits per heavy atom. The maximum absolute atomic E-state index is 11.1. The van der Waals surface area contributed by atoms with E-state index in [-0.39, 0.29) is 18.5 Å². The van der Waals surface area contributed by atoms with E-state index in [4.69, 9.17) is 20.1 Å². The number of nitrogens with one attached hydrogen (secondary N) is 1. The van der Waals surface area contributed by atoms with Gasteiger partial charge in [0.15, 0.2) is 0 Å². The molecule has 0 radical (unpaired) electrons. The van der Waals surface area contributed by atoms with Crippen molar-refractivity contribution in [3.05, 3.63) is 29.8 Å². The molecule has 1 aromatic rings. The zero-order chi connectivity index (χ0) is 16.3. The van der Waals surface area contributed by atoms with Crippen LogP contribution < -0.4 is 10.1 Å². The van der Waals surface area contributed by atoms with Crippen molar-refractivity contribution in [1.82, 2.24) is 5.32 Å². The number of aromatic carboxylic acids is 1. The maximum atomic E-state index is 11.1. The minimum absolute atomic E-state index is 0.0994. The predicted octanol–water partition coefficient (Wildman–Crippen LogP) is 0.280. The van der Waals surface area contributed by atoms with Crippen molar-refractivity contribution in [2.24, 2.45) is 5.92 Å². The van der Waals surface area contributed by atoms with E-state index in [1.54, 1.807) is 0 Å². The zero-order valence-corrected chi connectivity index (χ0v) is 11.4.